The highest BCUT2D eigenvalue weighted by molar-refractivity contribution is 5.93. The molecule has 3 heterocycles. The van der Waals surface area contributed by atoms with E-state index in [1.165, 1.54) is 0 Å². The third-order valence-electron chi connectivity index (χ3n) is 5.50. The van der Waals surface area contributed by atoms with Gasteiger partial charge < -0.3 is 18.9 Å². The van der Waals surface area contributed by atoms with E-state index in [0.29, 0.717) is 0 Å². The molecule has 6 heteroatoms. The first-order chi connectivity index (χ1) is 12.7. The molecule has 0 bridgehead atoms. The van der Waals surface area contributed by atoms with Crippen LogP contribution in [-0.2, 0) is 13.0 Å². The number of methoxy groups -OCH3 is 2. The molecular formula is C20H25N3O3. The lowest BCUT2D eigenvalue weighted by atomic mass is 10.0. The van der Waals surface area contributed by atoms with Gasteiger partial charge in [-0.1, -0.05) is 0 Å². The summed E-state index contributed by atoms with van der Waals surface area (Å²) in [5, 5.41) is 0. The summed E-state index contributed by atoms with van der Waals surface area (Å²) in [7, 11) is 3.30. The van der Waals surface area contributed by atoms with Crippen molar-refractivity contribution in [3.8, 4) is 11.5 Å². The Morgan fingerprint density at radius 3 is 2.85 bits per heavy atom. The molecule has 1 aromatic heterocycles. The molecule has 1 unspecified atom stereocenters. The van der Waals surface area contributed by atoms with Crippen LogP contribution in [0.15, 0.2) is 24.4 Å². The minimum absolute atomic E-state index is 0.0260. The van der Waals surface area contributed by atoms with Gasteiger partial charge in [0, 0.05) is 31.1 Å². The molecule has 1 saturated heterocycles. The first-order valence-corrected chi connectivity index (χ1v) is 9.30. The molecule has 2 aromatic rings. The predicted octanol–water partition coefficient (Wildman–Crippen LogP) is 3.21. The second-order valence-electron chi connectivity index (χ2n) is 6.93. The highest BCUT2D eigenvalue weighted by Crippen LogP contribution is 2.39. The number of hydrogen-bond donors (Lipinski definition) is 0. The Bertz CT molecular complexity index is 815. The fourth-order valence-electron chi connectivity index (χ4n) is 4.16. The Balaban J connectivity index is 1.65. The lowest BCUT2D eigenvalue weighted by Gasteiger charge is -2.27. The van der Waals surface area contributed by atoms with Crippen molar-refractivity contribution in [1.29, 1.82) is 0 Å². The van der Waals surface area contributed by atoms with E-state index < -0.39 is 0 Å². The van der Waals surface area contributed by atoms with Gasteiger partial charge in [-0.3, -0.25) is 4.79 Å². The zero-order valence-corrected chi connectivity index (χ0v) is 15.4. The number of fused-ring (bicyclic) bond motifs is 1. The number of ether oxygens (including phenoxy) is 2. The maximum absolute atomic E-state index is 13.3. The molecule has 2 aliphatic rings. The average molecular weight is 355 g/mol. The van der Waals surface area contributed by atoms with Crippen LogP contribution < -0.4 is 9.47 Å². The quantitative estimate of drug-likeness (QED) is 0.845. The summed E-state index contributed by atoms with van der Waals surface area (Å²) in [5.41, 5.74) is 1.76. The van der Waals surface area contributed by atoms with Crippen molar-refractivity contribution in [3.63, 3.8) is 0 Å². The second kappa shape index (κ2) is 7.02. The molecule has 1 atom stereocenters. The summed E-state index contributed by atoms with van der Waals surface area (Å²) < 4.78 is 13.0. The zero-order valence-electron chi connectivity index (χ0n) is 15.4. The molecular weight excluding hydrogens is 330 g/mol. The second-order valence-corrected chi connectivity index (χ2v) is 6.93. The van der Waals surface area contributed by atoms with Crippen LogP contribution in [0, 0.1) is 0 Å². The third kappa shape index (κ3) is 2.83. The minimum atomic E-state index is 0.0260. The average Bonchev–Trinajstić information content (AvgIpc) is 3.34. The molecule has 1 aromatic carbocycles. The summed E-state index contributed by atoms with van der Waals surface area (Å²) in [6, 6.07) is 5.86. The normalized spacial score (nSPS) is 19.3. The van der Waals surface area contributed by atoms with Gasteiger partial charge in [0.15, 0.2) is 0 Å². The number of likely N-dealkylation sites (tertiary alicyclic amines) is 1. The maximum atomic E-state index is 13.3. The molecule has 6 nitrogen and oxygen atoms in total. The number of benzene rings is 1. The zero-order chi connectivity index (χ0) is 18.1. The van der Waals surface area contributed by atoms with Crippen LogP contribution in [0.2, 0.25) is 0 Å². The smallest absolute Gasteiger partial charge is 0.272 e. The molecule has 2 aliphatic heterocycles. The standard InChI is InChI=1S/C20H25N3O3/c1-25-14-8-9-15(18(12-14)26-2)16-6-5-11-23(16)20(24)17-13-21-19-7-3-4-10-22(17)19/h8-9,12-13,16H,3-7,10-11H2,1-2H3. The Kier molecular flexibility index (Phi) is 4.57. The lowest BCUT2D eigenvalue weighted by Crippen LogP contribution is -2.33. The third-order valence-corrected chi connectivity index (χ3v) is 5.50. The van der Waals surface area contributed by atoms with Gasteiger partial charge in [-0.15, -0.1) is 0 Å². The summed E-state index contributed by atoms with van der Waals surface area (Å²) in [6.45, 7) is 1.65. The highest BCUT2D eigenvalue weighted by Gasteiger charge is 2.34. The Morgan fingerprint density at radius 1 is 1.15 bits per heavy atom. The number of amides is 1. The van der Waals surface area contributed by atoms with Crippen LogP contribution in [0.3, 0.4) is 0 Å². The van der Waals surface area contributed by atoms with Crippen molar-refractivity contribution in [3.05, 3.63) is 41.5 Å². The van der Waals surface area contributed by atoms with E-state index in [2.05, 4.69) is 9.55 Å². The summed E-state index contributed by atoms with van der Waals surface area (Å²) in [4.78, 5) is 19.7. The van der Waals surface area contributed by atoms with E-state index in [1.807, 2.05) is 23.1 Å². The van der Waals surface area contributed by atoms with Gasteiger partial charge in [0.1, 0.15) is 23.0 Å². The number of carbonyl (C=O) groups excluding carboxylic acids is 1. The van der Waals surface area contributed by atoms with Gasteiger partial charge >= 0.3 is 0 Å². The van der Waals surface area contributed by atoms with Crippen molar-refractivity contribution in [2.24, 2.45) is 0 Å². The molecule has 1 amide bonds. The van der Waals surface area contributed by atoms with Gasteiger partial charge in [-0.05, 0) is 37.8 Å². The maximum Gasteiger partial charge on any atom is 0.272 e. The molecule has 138 valence electrons. The van der Waals surface area contributed by atoms with Gasteiger partial charge in [-0.25, -0.2) is 4.98 Å². The van der Waals surface area contributed by atoms with E-state index in [1.54, 1.807) is 20.4 Å². The van der Waals surface area contributed by atoms with Gasteiger partial charge in [-0.2, -0.15) is 0 Å². The van der Waals surface area contributed by atoms with Crippen LogP contribution in [0.4, 0.5) is 0 Å². The van der Waals surface area contributed by atoms with Crippen molar-refractivity contribution in [1.82, 2.24) is 14.5 Å². The fourth-order valence-corrected chi connectivity index (χ4v) is 4.16. The van der Waals surface area contributed by atoms with E-state index in [-0.39, 0.29) is 11.9 Å². The van der Waals surface area contributed by atoms with Gasteiger partial charge in [0.2, 0.25) is 0 Å². The molecule has 0 saturated carbocycles. The van der Waals surface area contributed by atoms with Crippen LogP contribution in [0.25, 0.3) is 0 Å². The van der Waals surface area contributed by atoms with E-state index in [9.17, 15) is 4.79 Å². The number of carbonyl (C=O) groups is 1. The largest absolute Gasteiger partial charge is 0.497 e. The van der Waals surface area contributed by atoms with Crippen molar-refractivity contribution in [2.45, 2.75) is 44.7 Å². The predicted molar refractivity (Wildman–Crippen MR) is 97.7 cm³/mol. The fraction of sp³-hybridized carbons (Fsp3) is 0.500. The van der Waals surface area contributed by atoms with Crippen LogP contribution in [0.5, 0.6) is 11.5 Å². The van der Waals surface area contributed by atoms with Crippen molar-refractivity contribution < 1.29 is 14.3 Å². The monoisotopic (exact) mass is 355 g/mol. The molecule has 0 spiro atoms. The molecule has 26 heavy (non-hydrogen) atoms. The van der Waals surface area contributed by atoms with Crippen LogP contribution in [-0.4, -0.2) is 41.1 Å². The lowest BCUT2D eigenvalue weighted by molar-refractivity contribution is 0.0722. The van der Waals surface area contributed by atoms with Crippen LogP contribution in [0.1, 0.15) is 53.6 Å². The molecule has 1 fully saturated rings. The van der Waals surface area contributed by atoms with Gasteiger partial charge in [0.25, 0.3) is 5.91 Å². The first-order valence-electron chi connectivity index (χ1n) is 9.30. The number of rotatable bonds is 4. The van der Waals surface area contributed by atoms with Crippen LogP contribution >= 0.6 is 0 Å². The summed E-state index contributed by atoms with van der Waals surface area (Å²) in [5.74, 6) is 2.64. The van der Waals surface area contributed by atoms with Crippen molar-refractivity contribution in [2.75, 3.05) is 20.8 Å². The highest BCUT2D eigenvalue weighted by atomic mass is 16.5. The first kappa shape index (κ1) is 16.9. The van der Waals surface area contributed by atoms with E-state index in [0.717, 1.165) is 73.8 Å². The van der Waals surface area contributed by atoms with E-state index >= 15 is 0 Å². The Labute approximate surface area is 153 Å². The SMILES string of the molecule is COc1ccc(C2CCCN2C(=O)c2cnc3n2CCCC3)c(OC)c1. The Hall–Kier alpha value is -2.50. The summed E-state index contributed by atoms with van der Waals surface area (Å²) >= 11 is 0. The molecule has 0 radical (unpaired) electrons. The van der Waals surface area contributed by atoms with Gasteiger partial charge in [0.05, 0.1) is 26.5 Å². The topological polar surface area (TPSA) is 56.6 Å². The molecule has 0 N–H and O–H groups in total. The van der Waals surface area contributed by atoms with E-state index in [4.69, 9.17) is 9.47 Å². The minimum Gasteiger partial charge on any atom is -0.497 e. The summed E-state index contributed by atoms with van der Waals surface area (Å²) in [6.07, 6.45) is 6.91. The molecule has 4 rings (SSSR count). The molecule has 0 aliphatic carbocycles. The number of hydrogen-bond acceptors (Lipinski definition) is 4. The Morgan fingerprint density at radius 2 is 2.04 bits per heavy atom. The number of aromatic nitrogens is 2. The number of nitrogens with zero attached hydrogens (tertiary/aromatic N) is 3. The number of imidazole rings is 1. The van der Waals surface area contributed by atoms with Crippen molar-refractivity contribution >= 4 is 5.91 Å². The number of aryl methyl sites for hydroxylation is 1.